The number of imidazole rings is 1. The van der Waals surface area contributed by atoms with Crippen LogP contribution in [0.1, 0.15) is 12.5 Å². The van der Waals surface area contributed by atoms with Gasteiger partial charge in [0.2, 0.25) is 5.95 Å². The van der Waals surface area contributed by atoms with Gasteiger partial charge >= 0.3 is 13.5 Å². The molecule has 4 aromatic rings. The van der Waals surface area contributed by atoms with E-state index in [2.05, 4.69) is 37.2 Å². The first-order chi connectivity index (χ1) is 21.3. The molecule has 7 heterocycles. The highest BCUT2D eigenvalue weighted by Crippen LogP contribution is 2.58. The van der Waals surface area contributed by atoms with Crippen molar-refractivity contribution < 1.29 is 47.2 Å². The Morgan fingerprint density at radius 2 is 1.67 bits per heavy atom. The van der Waals surface area contributed by atoms with Gasteiger partial charge in [0.25, 0.3) is 0 Å². The molecular weight excluding hydrogens is 678 g/mol. The Balaban J connectivity index is 1.20. The first-order valence-electron chi connectivity index (χ1n) is 13.1. The maximum absolute atomic E-state index is 13.4. The molecule has 10 atom stereocenters. The zero-order valence-corrected chi connectivity index (χ0v) is 26.2. The van der Waals surface area contributed by atoms with Crippen LogP contribution in [0.3, 0.4) is 0 Å². The molecule has 3 aliphatic rings. The van der Waals surface area contributed by atoms with Crippen LogP contribution in [-0.4, -0.2) is 99.0 Å². The Labute approximate surface area is 262 Å². The largest absolute Gasteiger partial charge is 0.387 e. The average Bonchev–Trinajstić information content (AvgIpc) is 3.72. The van der Waals surface area contributed by atoms with Gasteiger partial charge in [-0.25, -0.2) is 19.5 Å². The zero-order valence-electron chi connectivity index (χ0n) is 22.7. The summed E-state index contributed by atoms with van der Waals surface area (Å²) in [5.74, 6) is 0.0894. The predicted octanol–water partition coefficient (Wildman–Crippen LogP) is -0.394. The van der Waals surface area contributed by atoms with Crippen LogP contribution in [0.5, 0.6) is 0 Å². The van der Waals surface area contributed by atoms with Gasteiger partial charge in [0.1, 0.15) is 59.9 Å². The first-order valence-corrected chi connectivity index (χ1v) is 18.4. The fraction of sp³-hybridized carbons (Fsp3) is 0.476. The van der Waals surface area contributed by atoms with Crippen molar-refractivity contribution in [2.75, 3.05) is 30.4 Å². The number of aliphatic hydroxyl groups is 2. The van der Waals surface area contributed by atoms with Crippen molar-refractivity contribution >= 4 is 77.4 Å². The van der Waals surface area contributed by atoms with Gasteiger partial charge in [-0.3, -0.25) is 18.1 Å². The lowest BCUT2D eigenvalue weighted by molar-refractivity contribution is -0.0593. The number of aliphatic hydroxyl groups excluding tert-OH is 2. The minimum Gasteiger partial charge on any atom is -0.387 e. The zero-order chi connectivity index (χ0) is 31.8. The Kier molecular flexibility index (Phi) is 7.80. The number of ether oxygens (including phenoxy) is 2. The number of rotatable bonds is 2. The topological polar surface area (TPSA) is 286 Å². The van der Waals surface area contributed by atoms with Crippen molar-refractivity contribution in [3.05, 3.63) is 24.9 Å². The maximum atomic E-state index is 13.4. The lowest BCUT2D eigenvalue weighted by Crippen LogP contribution is -2.36. The van der Waals surface area contributed by atoms with Crippen molar-refractivity contribution in [3.8, 4) is 0 Å². The molecule has 24 heteroatoms. The van der Waals surface area contributed by atoms with Crippen LogP contribution < -0.4 is 17.2 Å². The number of nitrogen functional groups attached to an aromatic ring is 3. The van der Waals surface area contributed by atoms with Gasteiger partial charge in [0.15, 0.2) is 23.9 Å². The molecular formula is C21H26N10O10P2S2. The summed E-state index contributed by atoms with van der Waals surface area (Å²) in [5, 5.41) is 22.9. The van der Waals surface area contributed by atoms with Gasteiger partial charge in [-0.05, 0) is 17.9 Å². The molecule has 0 aromatic carbocycles. The number of hydrogen-bond donors (Lipinski definition) is 7. The Morgan fingerprint density at radius 3 is 2.47 bits per heavy atom. The highest BCUT2D eigenvalue weighted by molar-refractivity contribution is 8.44. The number of nitrogens with zero attached hydrogens (tertiary/aromatic N) is 7. The fourth-order valence-corrected chi connectivity index (χ4v) is 8.35. The second-order valence-electron chi connectivity index (χ2n) is 10.3. The summed E-state index contributed by atoms with van der Waals surface area (Å²) in [6, 6.07) is 1.60. The normalized spacial score (nSPS) is 37.7. The standard InChI is InChI=1S/C21H26N10O10P2S2/c22-15-7-1-2-30(17(7)29-21(24)28-15)19-12(33)13-9(39-19)4-37-43(35,45)41-14-11(32)8(3-36-42(34,44)40-13)38-20(14)31-6-27-10-16(23)25-5-26-18(10)31/h1-2,5-6,8-9,11-14,19-20,32-33H,3-4H2,(H,34,44)(H,35,45)(H2,23,25,26)(H4,22,24,28,29)/t8-,9-,11-,12-,13-,14-,19-,20-,42?,43?/m1/s1. The highest BCUT2D eigenvalue weighted by Gasteiger charge is 2.52. The monoisotopic (exact) mass is 704 g/mol. The van der Waals surface area contributed by atoms with Crippen molar-refractivity contribution in [1.29, 1.82) is 0 Å². The minimum atomic E-state index is -4.29. The lowest BCUT2D eigenvalue weighted by Gasteiger charge is -2.27. The smallest absolute Gasteiger partial charge is 0.386 e. The molecule has 20 nitrogen and oxygen atoms in total. The third-order valence-electron chi connectivity index (χ3n) is 7.49. The number of fused-ring (bicyclic) bond motifs is 5. The van der Waals surface area contributed by atoms with Crippen LogP contribution in [0.2, 0.25) is 0 Å². The van der Waals surface area contributed by atoms with Gasteiger partial charge in [-0.2, -0.15) is 9.97 Å². The molecule has 3 aliphatic heterocycles. The van der Waals surface area contributed by atoms with Gasteiger partial charge in [0, 0.05) is 6.20 Å². The lowest BCUT2D eigenvalue weighted by atomic mass is 10.1. The summed E-state index contributed by atoms with van der Waals surface area (Å²) < 4.78 is 50.9. The van der Waals surface area contributed by atoms with E-state index in [1.807, 2.05) is 0 Å². The predicted molar refractivity (Wildman–Crippen MR) is 161 cm³/mol. The summed E-state index contributed by atoms with van der Waals surface area (Å²) in [5.41, 5.74) is 18.4. The molecule has 0 aliphatic carbocycles. The molecule has 2 bridgehead atoms. The van der Waals surface area contributed by atoms with Gasteiger partial charge < -0.3 is 50.9 Å². The van der Waals surface area contributed by atoms with E-state index in [1.165, 1.54) is 28.0 Å². The van der Waals surface area contributed by atoms with E-state index in [1.54, 1.807) is 6.07 Å². The van der Waals surface area contributed by atoms with Crippen LogP contribution in [0, 0.1) is 0 Å². The summed E-state index contributed by atoms with van der Waals surface area (Å²) in [7, 11) is 0. The summed E-state index contributed by atoms with van der Waals surface area (Å²) in [4.78, 5) is 31.5. The average molecular weight is 705 g/mol. The van der Waals surface area contributed by atoms with Crippen LogP contribution in [0.4, 0.5) is 17.6 Å². The minimum absolute atomic E-state index is 0.0967. The highest BCUT2D eigenvalue weighted by atomic mass is 32.7. The van der Waals surface area contributed by atoms with Crippen molar-refractivity contribution in [2.45, 2.75) is 49.1 Å². The molecule has 9 N–H and O–H groups in total. The second-order valence-corrected chi connectivity index (χ2v) is 16.0. The molecule has 2 unspecified atom stereocenters. The van der Waals surface area contributed by atoms with E-state index in [-0.39, 0.29) is 34.4 Å². The van der Waals surface area contributed by atoms with E-state index in [4.69, 9.17) is 56.6 Å². The summed E-state index contributed by atoms with van der Waals surface area (Å²) in [6.07, 6.45) is -6.44. The van der Waals surface area contributed by atoms with Gasteiger partial charge in [-0.15, -0.1) is 0 Å². The summed E-state index contributed by atoms with van der Waals surface area (Å²) >= 11 is 9.37. The third kappa shape index (κ3) is 5.58. The molecule has 242 valence electrons. The summed E-state index contributed by atoms with van der Waals surface area (Å²) in [6.45, 7) is -9.51. The van der Waals surface area contributed by atoms with E-state index in [9.17, 15) is 19.7 Å². The van der Waals surface area contributed by atoms with E-state index < -0.39 is 75.8 Å². The molecule has 0 spiro atoms. The van der Waals surface area contributed by atoms with Crippen molar-refractivity contribution in [3.63, 3.8) is 0 Å². The number of thiol groups is 1. The molecule has 4 aromatic heterocycles. The molecule has 3 fully saturated rings. The first kappa shape index (κ1) is 31.1. The number of hydrogen-bond acceptors (Lipinski definition) is 18. The third-order valence-corrected chi connectivity index (χ3v) is 10.7. The molecule has 0 amide bonds. The maximum Gasteiger partial charge on any atom is 0.386 e. The Bertz CT molecular complexity index is 1880. The number of nitrogens with two attached hydrogens (primary N) is 3. The van der Waals surface area contributed by atoms with Crippen LogP contribution >= 0.6 is 25.8 Å². The molecule has 0 radical (unpaired) electrons. The van der Waals surface area contributed by atoms with Crippen molar-refractivity contribution in [1.82, 2.24) is 34.1 Å². The fourth-order valence-electron chi connectivity index (χ4n) is 5.45. The molecule has 45 heavy (non-hydrogen) atoms. The Hall–Kier alpha value is -2.56. The van der Waals surface area contributed by atoms with E-state index in [0.29, 0.717) is 5.39 Å². The van der Waals surface area contributed by atoms with Crippen LogP contribution in [0.15, 0.2) is 24.9 Å². The Morgan fingerprint density at radius 1 is 0.911 bits per heavy atom. The molecule has 0 saturated carbocycles. The van der Waals surface area contributed by atoms with Crippen LogP contribution in [-0.2, 0) is 43.9 Å². The van der Waals surface area contributed by atoms with E-state index in [0.717, 1.165) is 0 Å². The van der Waals surface area contributed by atoms with Gasteiger partial charge in [0.05, 0.1) is 24.9 Å². The van der Waals surface area contributed by atoms with E-state index >= 15 is 0 Å². The second kappa shape index (κ2) is 11.3. The van der Waals surface area contributed by atoms with Crippen LogP contribution in [0.25, 0.3) is 22.2 Å². The van der Waals surface area contributed by atoms with Crippen molar-refractivity contribution in [2.24, 2.45) is 0 Å². The number of anilines is 3. The number of aromatic nitrogens is 7. The quantitative estimate of drug-likeness (QED) is 0.103. The SMILES string of the molecule is Nc1nc(N)c2ccn([C@@H]3O[C@@H]4COP(O)(=S)O[C@@H]5[C@H](O)[C@@H](COP(=O)(S)O[C@H]4[C@H]3O)O[C@H]5n3cnc4c(N)ncnc43)c2n1. The molecule has 7 rings (SSSR count). The van der Waals surface area contributed by atoms with Gasteiger partial charge in [-0.1, -0.05) is 12.2 Å². The molecule has 3 saturated heterocycles.